The summed E-state index contributed by atoms with van der Waals surface area (Å²) in [6.45, 7) is 7.61. The van der Waals surface area contributed by atoms with E-state index in [1.54, 1.807) is 11.3 Å². The predicted octanol–water partition coefficient (Wildman–Crippen LogP) is 2.56. The number of nitrogens with zero attached hydrogens (tertiary/aromatic N) is 4. The maximum absolute atomic E-state index is 4.71. The van der Waals surface area contributed by atoms with Gasteiger partial charge in [-0.2, -0.15) is 9.61 Å². The van der Waals surface area contributed by atoms with Gasteiger partial charge in [0.15, 0.2) is 5.82 Å². The fourth-order valence-corrected chi connectivity index (χ4v) is 3.54. The van der Waals surface area contributed by atoms with Crippen LogP contribution in [-0.2, 0) is 11.8 Å². The molecular formula is C14H23N5S. The summed E-state index contributed by atoms with van der Waals surface area (Å²) >= 11 is 1.67. The summed E-state index contributed by atoms with van der Waals surface area (Å²) < 4.78 is 1.92. The van der Waals surface area contributed by atoms with Gasteiger partial charge in [0.1, 0.15) is 5.01 Å². The Bertz CT molecular complexity index is 574. The van der Waals surface area contributed by atoms with Gasteiger partial charge < -0.3 is 5.32 Å². The highest BCUT2D eigenvalue weighted by Crippen LogP contribution is 2.24. The lowest BCUT2D eigenvalue weighted by atomic mass is 9.96. The van der Waals surface area contributed by atoms with Gasteiger partial charge in [-0.1, -0.05) is 38.5 Å². The van der Waals surface area contributed by atoms with Gasteiger partial charge >= 0.3 is 0 Å². The molecule has 2 aromatic heterocycles. The third-order valence-electron chi connectivity index (χ3n) is 3.82. The van der Waals surface area contributed by atoms with E-state index < -0.39 is 0 Å². The number of hydrogen-bond acceptors (Lipinski definition) is 5. The number of hydrogen-bond donors (Lipinski definition) is 1. The minimum Gasteiger partial charge on any atom is -0.314 e. The van der Waals surface area contributed by atoms with E-state index in [1.165, 1.54) is 37.2 Å². The molecule has 0 amide bonds. The predicted molar refractivity (Wildman–Crippen MR) is 81.3 cm³/mol. The first-order valence-electron chi connectivity index (χ1n) is 7.49. The first kappa shape index (κ1) is 13.9. The average molecular weight is 293 g/mol. The third-order valence-corrected chi connectivity index (χ3v) is 4.78. The summed E-state index contributed by atoms with van der Waals surface area (Å²) in [4.78, 5) is 0.918. The molecule has 0 saturated carbocycles. The maximum Gasteiger partial charge on any atom is 0.234 e. The molecule has 0 aromatic carbocycles. The van der Waals surface area contributed by atoms with Crippen LogP contribution in [0.4, 0.5) is 0 Å². The molecule has 3 rings (SSSR count). The number of rotatable bonds is 3. The standard InChI is InChI=1S/C14H23N5S/c1-14(2,3)12-16-17-13-19(12)18-11(20-13)8-7-10-6-4-5-9-15-10/h10,15H,4-9H2,1-3H3. The zero-order valence-corrected chi connectivity index (χ0v) is 13.3. The van der Waals surface area contributed by atoms with Crippen LogP contribution in [0, 0.1) is 0 Å². The van der Waals surface area contributed by atoms with E-state index in [0.717, 1.165) is 17.2 Å². The molecule has 1 saturated heterocycles. The lowest BCUT2D eigenvalue weighted by molar-refractivity contribution is 0.382. The number of piperidine rings is 1. The normalized spacial score (nSPS) is 20.6. The summed E-state index contributed by atoms with van der Waals surface area (Å²) in [7, 11) is 0. The van der Waals surface area contributed by atoms with Gasteiger partial charge in [-0.25, -0.2) is 0 Å². The largest absolute Gasteiger partial charge is 0.314 e. The molecule has 3 heterocycles. The summed E-state index contributed by atoms with van der Waals surface area (Å²) in [6, 6.07) is 0.667. The Hall–Kier alpha value is -1.01. The molecule has 0 radical (unpaired) electrons. The molecule has 1 atom stereocenters. The zero-order valence-electron chi connectivity index (χ0n) is 12.5. The van der Waals surface area contributed by atoms with E-state index in [1.807, 2.05) is 4.52 Å². The van der Waals surface area contributed by atoms with Gasteiger partial charge in [0.25, 0.3) is 0 Å². The van der Waals surface area contributed by atoms with Crippen LogP contribution in [-0.4, -0.2) is 32.4 Å². The number of aromatic nitrogens is 4. The molecule has 110 valence electrons. The van der Waals surface area contributed by atoms with Gasteiger partial charge in [-0.15, -0.1) is 10.2 Å². The van der Waals surface area contributed by atoms with Gasteiger partial charge in [-0.3, -0.25) is 0 Å². The fraction of sp³-hybridized carbons (Fsp3) is 0.786. The van der Waals surface area contributed by atoms with Crippen molar-refractivity contribution in [3.05, 3.63) is 10.8 Å². The van der Waals surface area contributed by atoms with Crippen LogP contribution in [0.25, 0.3) is 4.96 Å². The molecule has 1 aliphatic rings. The van der Waals surface area contributed by atoms with Crippen molar-refractivity contribution in [2.45, 2.75) is 64.3 Å². The second-order valence-electron chi connectivity index (χ2n) is 6.65. The number of nitrogens with one attached hydrogen (secondary N) is 1. The second-order valence-corrected chi connectivity index (χ2v) is 7.69. The summed E-state index contributed by atoms with van der Waals surface area (Å²) in [5.41, 5.74) is -0.0182. The summed E-state index contributed by atoms with van der Waals surface area (Å²) in [5.74, 6) is 0.950. The molecule has 1 fully saturated rings. The van der Waals surface area contributed by atoms with Gasteiger partial charge in [0.2, 0.25) is 4.96 Å². The van der Waals surface area contributed by atoms with E-state index in [4.69, 9.17) is 5.10 Å². The quantitative estimate of drug-likeness (QED) is 0.945. The van der Waals surface area contributed by atoms with Crippen molar-refractivity contribution in [2.75, 3.05) is 6.54 Å². The number of fused-ring (bicyclic) bond motifs is 1. The average Bonchev–Trinajstić information content (AvgIpc) is 2.95. The van der Waals surface area contributed by atoms with Crippen molar-refractivity contribution in [3.63, 3.8) is 0 Å². The van der Waals surface area contributed by atoms with Crippen molar-refractivity contribution in [1.82, 2.24) is 25.1 Å². The Morgan fingerprint density at radius 2 is 2.15 bits per heavy atom. The maximum atomic E-state index is 4.71. The van der Waals surface area contributed by atoms with Gasteiger partial charge in [0, 0.05) is 17.9 Å². The van der Waals surface area contributed by atoms with Crippen molar-refractivity contribution in [2.24, 2.45) is 0 Å². The topological polar surface area (TPSA) is 55.1 Å². The van der Waals surface area contributed by atoms with Gasteiger partial charge in [-0.05, 0) is 25.8 Å². The fourth-order valence-electron chi connectivity index (χ4n) is 2.69. The highest BCUT2D eigenvalue weighted by atomic mass is 32.1. The van der Waals surface area contributed by atoms with Crippen molar-refractivity contribution < 1.29 is 0 Å². The first-order chi connectivity index (χ1) is 9.54. The molecule has 6 heteroatoms. The third kappa shape index (κ3) is 2.86. The Kier molecular flexibility index (Phi) is 3.77. The van der Waals surface area contributed by atoms with Crippen molar-refractivity contribution >= 4 is 16.3 Å². The summed E-state index contributed by atoms with van der Waals surface area (Å²) in [5, 5.41) is 18.0. The van der Waals surface area contributed by atoms with Crippen LogP contribution in [0.3, 0.4) is 0 Å². The highest BCUT2D eigenvalue weighted by Gasteiger charge is 2.23. The Balaban J connectivity index is 1.71. The van der Waals surface area contributed by atoms with Crippen LogP contribution in [0.15, 0.2) is 0 Å². The van der Waals surface area contributed by atoms with Crippen LogP contribution in [0.5, 0.6) is 0 Å². The minimum atomic E-state index is -0.0182. The Labute approximate surface area is 123 Å². The Morgan fingerprint density at radius 3 is 2.85 bits per heavy atom. The molecule has 5 nitrogen and oxygen atoms in total. The molecule has 2 aromatic rings. The first-order valence-corrected chi connectivity index (χ1v) is 8.31. The van der Waals surface area contributed by atoms with Crippen LogP contribution < -0.4 is 5.32 Å². The molecule has 1 aliphatic heterocycles. The smallest absolute Gasteiger partial charge is 0.234 e. The monoisotopic (exact) mass is 293 g/mol. The molecule has 0 aliphatic carbocycles. The molecule has 20 heavy (non-hydrogen) atoms. The molecule has 0 spiro atoms. The van der Waals surface area contributed by atoms with Crippen molar-refractivity contribution in [1.29, 1.82) is 0 Å². The van der Waals surface area contributed by atoms with E-state index in [9.17, 15) is 0 Å². The lowest BCUT2D eigenvalue weighted by Crippen LogP contribution is -2.34. The Morgan fingerprint density at radius 1 is 1.30 bits per heavy atom. The zero-order chi connectivity index (χ0) is 14.2. The number of aryl methyl sites for hydroxylation is 1. The molecule has 0 bridgehead atoms. The minimum absolute atomic E-state index is 0.0182. The van der Waals surface area contributed by atoms with E-state index >= 15 is 0 Å². The lowest BCUT2D eigenvalue weighted by Gasteiger charge is -2.22. The molecule has 1 N–H and O–H groups in total. The van der Waals surface area contributed by atoms with Crippen LogP contribution in [0.2, 0.25) is 0 Å². The van der Waals surface area contributed by atoms with Crippen LogP contribution in [0.1, 0.15) is 57.3 Å². The van der Waals surface area contributed by atoms with Crippen LogP contribution >= 0.6 is 11.3 Å². The molecule has 1 unspecified atom stereocenters. The van der Waals surface area contributed by atoms with Gasteiger partial charge in [0.05, 0.1) is 0 Å². The van der Waals surface area contributed by atoms with Crippen molar-refractivity contribution in [3.8, 4) is 0 Å². The molecular weight excluding hydrogens is 270 g/mol. The summed E-state index contributed by atoms with van der Waals surface area (Å²) in [6.07, 6.45) is 6.20. The highest BCUT2D eigenvalue weighted by molar-refractivity contribution is 7.16. The van der Waals surface area contributed by atoms with E-state index in [-0.39, 0.29) is 5.41 Å². The SMILES string of the molecule is CC(C)(C)c1nnc2sc(CCC3CCCCN3)nn12. The second kappa shape index (κ2) is 5.41. The van der Waals surface area contributed by atoms with E-state index in [0.29, 0.717) is 6.04 Å². The van der Waals surface area contributed by atoms with E-state index in [2.05, 4.69) is 36.3 Å².